The number of thioether (sulfide) groups is 1. The molecule has 1 aliphatic heterocycles. The predicted molar refractivity (Wildman–Crippen MR) is 84.7 cm³/mol. The summed E-state index contributed by atoms with van der Waals surface area (Å²) < 4.78 is 0. The van der Waals surface area contributed by atoms with Crippen LogP contribution in [0.15, 0.2) is 35.3 Å². The zero-order valence-electron chi connectivity index (χ0n) is 11.6. The molecule has 1 atom stereocenters. The van der Waals surface area contributed by atoms with Gasteiger partial charge in [-0.05, 0) is 31.1 Å². The van der Waals surface area contributed by atoms with E-state index in [2.05, 4.69) is 58.6 Å². The highest BCUT2D eigenvalue weighted by molar-refractivity contribution is 8.00. The molecule has 1 saturated heterocycles. The van der Waals surface area contributed by atoms with E-state index >= 15 is 0 Å². The SMILES string of the molecule is CCNC(=NCc1ccccc1)NCC1CCCS1. The van der Waals surface area contributed by atoms with Gasteiger partial charge in [-0.2, -0.15) is 11.8 Å². The normalized spacial score (nSPS) is 19.4. The van der Waals surface area contributed by atoms with Crippen molar-refractivity contribution in [1.82, 2.24) is 10.6 Å². The number of hydrogen-bond acceptors (Lipinski definition) is 2. The lowest BCUT2D eigenvalue weighted by molar-refractivity contribution is 0.727. The van der Waals surface area contributed by atoms with E-state index in [0.29, 0.717) is 0 Å². The van der Waals surface area contributed by atoms with E-state index in [1.807, 2.05) is 6.07 Å². The summed E-state index contributed by atoms with van der Waals surface area (Å²) in [5, 5.41) is 7.51. The fourth-order valence-electron chi connectivity index (χ4n) is 2.11. The topological polar surface area (TPSA) is 36.4 Å². The van der Waals surface area contributed by atoms with Gasteiger partial charge < -0.3 is 10.6 Å². The van der Waals surface area contributed by atoms with Crippen molar-refractivity contribution in [1.29, 1.82) is 0 Å². The molecule has 0 spiro atoms. The Morgan fingerprint density at radius 2 is 2.16 bits per heavy atom. The molecule has 2 rings (SSSR count). The second kappa shape index (κ2) is 8.10. The van der Waals surface area contributed by atoms with Crippen LogP contribution in [0, 0.1) is 0 Å². The summed E-state index contributed by atoms with van der Waals surface area (Å²) in [6.07, 6.45) is 2.68. The van der Waals surface area contributed by atoms with Gasteiger partial charge in [0.25, 0.3) is 0 Å². The smallest absolute Gasteiger partial charge is 0.191 e. The maximum Gasteiger partial charge on any atom is 0.191 e. The Morgan fingerprint density at radius 1 is 1.32 bits per heavy atom. The summed E-state index contributed by atoms with van der Waals surface area (Å²) in [6, 6.07) is 10.4. The molecule has 0 aliphatic carbocycles. The third-order valence-electron chi connectivity index (χ3n) is 3.13. The Labute approximate surface area is 120 Å². The summed E-state index contributed by atoms with van der Waals surface area (Å²) in [6.45, 7) is 4.75. The van der Waals surface area contributed by atoms with E-state index in [1.165, 1.54) is 24.2 Å². The molecule has 1 heterocycles. The summed E-state index contributed by atoms with van der Waals surface area (Å²) in [5.41, 5.74) is 1.25. The van der Waals surface area contributed by atoms with Gasteiger partial charge in [0.2, 0.25) is 0 Å². The first-order valence-electron chi connectivity index (χ1n) is 7.06. The molecule has 1 fully saturated rings. The van der Waals surface area contributed by atoms with Gasteiger partial charge in [-0.15, -0.1) is 0 Å². The van der Waals surface area contributed by atoms with Gasteiger partial charge in [0, 0.05) is 18.3 Å². The van der Waals surface area contributed by atoms with Gasteiger partial charge in [-0.1, -0.05) is 30.3 Å². The predicted octanol–water partition coefficient (Wildman–Crippen LogP) is 2.64. The van der Waals surface area contributed by atoms with Crippen LogP contribution in [0.1, 0.15) is 25.3 Å². The molecule has 3 nitrogen and oxygen atoms in total. The van der Waals surface area contributed by atoms with Crippen molar-refractivity contribution in [2.75, 3.05) is 18.8 Å². The van der Waals surface area contributed by atoms with Crippen molar-refractivity contribution >= 4 is 17.7 Å². The monoisotopic (exact) mass is 277 g/mol. The zero-order valence-corrected chi connectivity index (χ0v) is 12.4. The largest absolute Gasteiger partial charge is 0.357 e. The van der Waals surface area contributed by atoms with E-state index in [4.69, 9.17) is 0 Å². The summed E-state index contributed by atoms with van der Waals surface area (Å²) in [7, 11) is 0. The second-order valence-corrected chi connectivity index (χ2v) is 6.10. The number of guanidine groups is 1. The number of benzene rings is 1. The van der Waals surface area contributed by atoms with Gasteiger partial charge >= 0.3 is 0 Å². The van der Waals surface area contributed by atoms with E-state index in [9.17, 15) is 0 Å². The lowest BCUT2D eigenvalue weighted by atomic mass is 10.2. The van der Waals surface area contributed by atoms with Crippen LogP contribution in [0.25, 0.3) is 0 Å². The average Bonchev–Trinajstić information content (AvgIpc) is 2.96. The van der Waals surface area contributed by atoms with E-state index in [-0.39, 0.29) is 0 Å². The first-order valence-corrected chi connectivity index (χ1v) is 8.11. The molecule has 0 saturated carbocycles. The summed E-state index contributed by atoms with van der Waals surface area (Å²) in [5.74, 6) is 2.24. The number of aliphatic imine (C=N–C) groups is 1. The fourth-order valence-corrected chi connectivity index (χ4v) is 3.31. The summed E-state index contributed by atoms with van der Waals surface area (Å²) >= 11 is 2.07. The maximum absolute atomic E-state index is 4.63. The molecule has 104 valence electrons. The molecule has 1 aromatic rings. The molecular formula is C15H23N3S. The Kier molecular flexibility index (Phi) is 6.08. The molecule has 1 aromatic carbocycles. The number of nitrogens with zero attached hydrogens (tertiary/aromatic N) is 1. The maximum atomic E-state index is 4.63. The molecule has 1 aliphatic rings. The van der Waals surface area contributed by atoms with E-state index < -0.39 is 0 Å². The van der Waals surface area contributed by atoms with Crippen LogP contribution in [-0.4, -0.2) is 30.1 Å². The van der Waals surface area contributed by atoms with Crippen LogP contribution >= 0.6 is 11.8 Å². The highest BCUT2D eigenvalue weighted by Gasteiger charge is 2.15. The van der Waals surface area contributed by atoms with Gasteiger partial charge in [0.1, 0.15) is 0 Å². The van der Waals surface area contributed by atoms with Crippen LogP contribution in [0.3, 0.4) is 0 Å². The molecule has 4 heteroatoms. The Hall–Kier alpha value is -1.16. The van der Waals surface area contributed by atoms with Gasteiger partial charge in [0.05, 0.1) is 6.54 Å². The minimum absolute atomic E-state index is 0.730. The van der Waals surface area contributed by atoms with Crippen LogP contribution in [-0.2, 0) is 6.54 Å². The van der Waals surface area contributed by atoms with Crippen molar-refractivity contribution in [3.63, 3.8) is 0 Å². The Morgan fingerprint density at radius 3 is 2.84 bits per heavy atom. The first kappa shape index (κ1) is 14.3. The van der Waals surface area contributed by atoms with Crippen molar-refractivity contribution in [3.05, 3.63) is 35.9 Å². The second-order valence-electron chi connectivity index (χ2n) is 4.70. The molecule has 1 unspecified atom stereocenters. The lowest BCUT2D eigenvalue weighted by Crippen LogP contribution is -2.40. The van der Waals surface area contributed by atoms with Crippen LogP contribution in [0.4, 0.5) is 0 Å². The quantitative estimate of drug-likeness (QED) is 0.642. The number of rotatable bonds is 5. The minimum Gasteiger partial charge on any atom is -0.357 e. The molecule has 0 amide bonds. The Bertz CT molecular complexity index is 386. The lowest BCUT2D eigenvalue weighted by Gasteiger charge is -2.14. The van der Waals surface area contributed by atoms with Crippen molar-refractivity contribution in [3.8, 4) is 0 Å². The minimum atomic E-state index is 0.730. The Balaban J connectivity index is 1.83. The van der Waals surface area contributed by atoms with Crippen molar-refractivity contribution in [2.45, 2.75) is 31.6 Å². The number of hydrogen-bond donors (Lipinski definition) is 2. The standard InChI is InChI=1S/C15H23N3S/c1-2-16-15(18-12-14-9-6-10-19-14)17-11-13-7-4-3-5-8-13/h3-5,7-8,14H,2,6,9-12H2,1H3,(H2,16,17,18). The molecule has 19 heavy (non-hydrogen) atoms. The number of nitrogens with one attached hydrogen (secondary N) is 2. The highest BCUT2D eigenvalue weighted by atomic mass is 32.2. The molecule has 2 N–H and O–H groups in total. The van der Waals surface area contributed by atoms with Crippen LogP contribution in [0.5, 0.6) is 0 Å². The van der Waals surface area contributed by atoms with Gasteiger partial charge in [-0.3, -0.25) is 0 Å². The molecule has 0 radical (unpaired) electrons. The summed E-state index contributed by atoms with van der Waals surface area (Å²) in [4.78, 5) is 4.63. The fraction of sp³-hybridized carbons (Fsp3) is 0.533. The third kappa shape index (κ3) is 5.15. The van der Waals surface area contributed by atoms with Crippen molar-refractivity contribution in [2.24, 2.45) is 4.99 Å². The molecule has 0 bridgehead atoms. The van der Waals surface area contributed by atoms with Gasteiger partial charge in [0.15, 0.2) is 5.96 Å². The van der Waals surface area contributed by atoms with Gasteiger partial charge in [-0.25, -0.2) is 4.99 Å². The van der Waals surface area contributed by atoms with Crippen LogP contribution < -0.4 is 10.6 Å². The van der Waals surface area contributed by atoms with Crippen LogP contribution in [0.2, 0.25) is 0 Å². The molecule has 0 aromatic heterocycles. The first-order chi connectivity index (χ1) is 9.38. The highest BCUT2D eigenvalue weighted by Crippen LogP contribution is 2.25. The third-order valence-corrected chi connectivity index (χ3v) is 4.53. The van der Waals surface area contributed by atoms with E-state index in [1.54, 1.807) is 0 Å². The van der Waals surface area contributed by atoms with E-state index in [0.717, 1.165) is 30.8 Å². The van der Waals surface area contributed by atoms with Crippen molar-refractivity contribution < 1.29 is 0 Å². The molecular weight excluding hydrogens is 254 g/mol. The zero-order chi connectivity index (χ0) is 13.3. The average molecular weight is 277 g/mol.